The van der Waals surface area contributed by atoms with Gasteiger partial charge in [0.1, 0.15) is 47.7 Å². The Morgan fingerprint density at radius 1 is 0.328 bits per heavy atom. The molecule has 10 bridgehead atoms. The van der Waals surface area contributed by atoms with Gasteiger partial charge in [-0.2, -0.15) is 0 Å². The van der Waals surface area contributed by atoms with Gasteiger partial charge < -0.3 is 58.8 Å². The third-order valence-corrected chi connectivity index (χ3v) is 10.9. The smallest absolute Gasteiger partial charge is 0.230 e. The predicted octanol–water partition coefficient (Wildman–Crippen LogP) is 8.20. The Morgan fingerprint density at radius 2 is 0.609 bits per heavy atom. The van der Waals surface area contributed by atoms with Crippen LogP contribution in [0.2, 0.25) is 0 Å². The zero-order chi connectivity index (χ0) is 43.8. The normalized spacial score (nSPS) is 15.2. The first-order valence-corrected chi connectivity index (χ1v) is 21.8. The number of rotatable bonds is 8. The number of nitrogens with two attached hydrogens (primary N) is 2. The van der Waals surface area contributed by atoms with Crippen LogP contribution in [0, 0.1) is 0 Å². The van der Waals surface area contributed by atoms with Crippen molar-refractivity contribution in [3.8, 4) is 34.5 Å². The molecule has 0 fully saturated rings. The van der Waals surface area contributed by atoms with Gasteiger partial charge >= 0.3 is 0 Å². The monoisotopic (exact) mass is 868 g/mol. The molecule has 6 aromatic carbocycles. The number of benzene rings is 6. The molecule has 8 rings (SSSR count). The van der Waals surface area contributed by atoms with Crippen LogP contribution in [0.25, 0.3) is 0 Å². The van der Waals surface area contributed by atoms with Crippen LogP contribution in [-0.4, -0.2) is 79.7 Å². The highest BCUT2D eigenvalue weighted by Crippen LogP contribution is 2.39. The van der Waals surface area contributed by atoms with Crippen LogP contribution in [-0.2, 0) is 44.6 Å². The van der Waals surface area contributed by atoms with Crippen molar-refractivity contribution in [3.05, 3.63) is 166 Å². The van der Waals surface area contributed by atoms with E-state index in [9.17, 15) is 0 Å². The molecular formula is C52H56N2O10. The lowest BCUT2D eigenvalue weighted by Crippen LogP contribution is -2.15. The fourth-order valence-electron chi connectivity index (χ4n) is 7.84. The first-order valence-electron chi connectivity index (χ1n) is 21.8. The Morgan fingerprint density at radius 3 is 0.922 bits per heavy atom. The lowest BCUT2D eigenvalue weighted by molar-refractivity contribution is -0.00706. The van der Waals surface area contributed by atoms with E-state index in [0.29, 0.717) is 115 Å². The fourth-order valence-corrected chi connectivity index (χ4v) is 7.84. The number of fused-ring (bicyclic) bond motifs is 2. The standard InChI is InChI=1S/C52H56N2O10/c53-45-13-17-47(18-14-45)61-35-63-51-41-9-3-11-43(51)33-39-7-2-8-40-34-44-12-4-10-42(52(44)64-36-62-48-19-15-46(54)16-20-48)32-38-6-1-5-37(31-41)49(38)59-29-27-57-25-23-55-21-22-56-24-26-58-28-30-60-50(39)40/h1-20H,21-36,53-54H2. The molecule has 0 saturated carbocycles. The van der Waals surface area contributed by atoms with E-state index in [2.05, 4.69) is 72.8 Å². The van der Waals surface area contributed by atoms with Gasteiger partial charge in [-0.25, -0.2) is 0 Å². The van der Waals surface area contributed by atoms with Crippen LogP contribution in [0.15, 0.2) is 121 Å². The lowest BCUT2D eigenvalue weighted by Gasteiger charge is -2.23. The summed E-state index contributed by atoms with van der Waals surface area (Å²) >= 11 is 0. The summed E-state index contributed by atoms with van der Waals surface area (Å²) in [6, 6.07) is 39.7. The van der Waals surface area contributed by atoms with Gasteiger partial charge in [0.25, 0.3) is 0 Å². The highest BCUT2D eigenvalue weighted by molar-refractivity contribution is 5.56. The van der Waals surface area contributed by atoms with Crippen molar-refractivity contribution in [2.45, 2.75) is 25.7 Å². The van der Waals surface area contributed by atoms with Crippen molar-refractivity contribution >= 4 is 11.4 Å². The predicted molar refractivity (Wildman–Crippen MR) is 245 cm³/mol. The minimum Gasteiger partial charge on any atom is -0.491 e. The van der Waals surface area contributed by atoms with E-state index in [4.69, 9.17) is 58.8 Å². The minimum atomic E-state index is -0.0116. The molecule has 0 amide bonds. The van der Waals surface area contributed by atoms with Gasteiger partial charge in [0.2, 0.25) is 13.6 Å². The molecule has 1 aliphatic heterocycles. The van der Waals surface area contributed by atoms with Crippen molar-refractivity contribution in [2.75, 3.05) is 91.1 Å². The Bertz CT molecular complexity index is 2150. The molecule has 1 heterocycles. The van der Waals surface area contributed by atoms with Crippen LogP contribution in [0.5, 0.6) is 34.5 Å². The summed E-state index contributed by atoms with van der Waals surface area (Å²) in [6.45, 7) is 4.12. The number of hydrogen-bond acceptors (Lipinski definition) is 12. The summed E-state index contributed by atoms with van der Waals surface area (Å²) in [5.74, 6) is 4.34. The molecule has 334 valence electrons. The second-order valence-electron chi connectivity index (χ2n) is 15.4. The molecule has 12 nitrogen and oxygen atoms in total. The summed E-state index contributed by atoms with van der Waals surface area (Å²) < 4.78 is 62.3. The molecule has 0 aromatic heterocycles. The summed E-state index contributed by atoms with van der Waals surface area (Å²) in [5.41, 5.74) is 21.1. The van der Waals surface area contributed by atoms with Crippen LogP contribution in [0.1, 0.15) is 44.5 Å². The summed E-state index contributed by atoms with van der Waals surface area (Å²) in [5, 5.41) is 0. The molecule has 4 N–H and O–H groups in total. The van der Waals surface area contributed by atoms with Gasteiger partial charge in [-0.15, -0.1) is 0 Å². The van der Waals surface area contributed by atoms with Gasteiger partial charge in [0.15, 0.2) is 0 Å². The van der Waals surface area contributed by atoms with E-state index < -0.39 is 0 Å². The zero-order valence-corrected chi connectivity index (χ0v) is 36.1. The first-order chi connectivity index (χ1) is 31.6. The Hall–Kier alpha value is -6.44. The Balaban J connectivity index is 1.21. The molecule has 0 saturated heterocycles. The Kier molecular flexibility index (Phi) is 15.7. The van der Waals surface area contributed by atoms with E-state index in [1.54, 1.807) is 24.3 Å². The van der Waals surface area contributed by atoms with Crippen LogP contribution < -0.4 is 39.9 Å². The zero-order valence-electron chi connectivity index (χ0n) is 36.1. The van der Waals surface area contributed by atoms with Crippen molar-refractivity contribution in [1.29, 1.82) is 0 Å². The van der Waals surface area contributed by atoms with Crippen molar-refractivity contribution < 1.29 is 47.4 Å². The van der Waals surface area contributed by atoms with E-state index in [0.717, 1.165) is 67.5 Å². The van der Waals surface area contributed by atoms with Crippen molar-refractivity contribution in [1.82, 2.24) is 0 Å². The number of hydrogen-bond donors (Lipinski definition) is 2. The maximum absolute atomic E-state index is 6.72. The molecule has 0 atom stereocenters. The first kappa shape index (κ1) is 44.2. The maximum Gasteiger partial charge on any atom is 0.230 e. The maximum atomic E-state index is 6.72. The van der Waals surface area contributed by atoms with E-state index in [1.165, 1.54) is 0 Å². The van der Waals surface area contributed by atoms with Gasteiger partial charge in [-0.05, 0) is 93.0 Å². The highest BCUT2D eigenvalue weighted by atomic mass is 16.7. The topological polar surface area (TPSA) is 144 Å². The molecule has 6 aromatic rings. The number of anilines is 2. The summed E-state index contributed by atoms with van der Waals surface area (Å²) in [7, 11) is 0. The quantitative estimate of drug-likeness (QED) is 0.112. The fraction of sp³-hybridized carbons (Fsp3) is 0.308. The third-order valence-electron chi connectivity index (χ3n) is 10.9. The van der Waals surface area contributed by atoms with Gasteiger partial charge in [-0.1, -0.05) is 72.8 Å². The molecule has 64 heavy (non-hydrogen) atoms. The third kappa shape index (κ3) is 12.2. The van der Waals surface area contributed by atoms with Crippen molar-refractivity contribution in [2.24, 2.45) is 0 Å². The van der Waals surface area contributed by atoms with E-state index >= 15 is 0 Å². The molecule has 12 heteroatoms. The number of para-hydroxylation sites is 4. The number of ether oxygens (including phenoxy) is 10. The van der Waals surface area contributed by atoms with Gasteiger partial charge in [-0.3, -0.25) is 0 Å². The van der Waals surface area contributed by atoms with Crippen LogP contribution in [0.4, 0.5) is 11.4 Å². The Labute approximate surface area is 374 Å². The van der Waals surface area contributed by atoms with Crippen LogP contribution >= 0.6 is 0 Å². The van der Waals surface area contributed by atoms with Crippen LogP contribution in [0.3, 0.4) is 0 Å². The molecule has 0 spiro atoms. The van der Waals surface area contributed by atoms with Crippen molar-refractivity contribution in [3.63, 3.8) is 0 Å². The van der Waals surface area contributed by atoms with Gasteiger partial charge in [0, 0.05) is 37.1 Å². The average Bonchev–Trinajstić information content (AvgIpc) is 3.30. The molecule has 0 unspecified atom stereocenters. The summed E-state index contributed by atoms with van der Waals surface area (Å²) in [6.07, 6.45) is 2.07. The summed E-state index contributed by atoms with van der Waals surface area (Å²) in [4.78, 5) is 0. The second kappa shape index (κ2) is 22.8. The molecule has 2 aliphatic rings. The van der Waals surface area contributed by atoms with E-state index in [-0.39, 0.29) is 13.6 Å². The average molecular weight is 869 g/mol. The van der Waals surface area contributed by atoms with Gasteiger partial charge in [0.05, 0.1) is 52.9 Å². The molecule has 1 aliphatic carbocycles. The number of nitrogen functional groups attached to an aromatic ring is 2. The highest BCUT2D eigenvalue weighted by Gasteiger charge is 2.22. The lowest BCUT2D eigenvalue weighted by atomic mass is 9.91. The SMILES string of the molecule is Nc1ccc(OCOc2c3cccc2Cc2cccc4c2OCCOCCOCCOCCOCCOc2c(cccc2Cc2cccc(c2OCOc2ccc(N)cc2)C4)C3)cc1. The molecule has 0 radical (unpaired) electrons. The molecular weight excluding hydrogens is 813 g/mol. The largest absolute Gasteiger partial charge is 0.491 e. The van der Waals surface area contributed by atoms with E-state index in [1.807, 2.05) is 24.3 Å². The minimum absolute atomic E-state index is 0.0116. The second-order valence-corrected chi connectivity index (χ2v) is 15.4.